The quantitative estimate of drug-likeness (QED) is 0.737. The van der Waals surface area contributed by atoms with E-state index in [1.54, 1.807) is 38.1 Å². The van der Waals surface area contributed by atoms with Gasteiger partial charge in [0, 0.05) is 5.02 Å². The number of ether oxygens (including phenoxy) is 2. The molecule has 0 saturated heterocycles. The van der Waals surface area contributed by atoms with Crippen molar-refractivity contribution in [3.8, 4) is 5.75 Å². The predicted octanol–water partition coefficient (Wildman–Crippen LogP) is 3.84. The van der Waals surface area contributed by atoms with Crippen molar-refractivity contribution in [3.05, 3.63) is 29.3 Å². The van der Waals surface area contributed by atoms with E-state index in [1.807, 2.05) is 6.92 Å². The van der Waals surface area contributed by atoms with Gasteiger partial charge in [0.25, 0.3) is 0 Å². The van der Waals surface area contributed by atoms with E-state index in [4.69, 9.17) is 21.1 Å². The van der Waals surface area contributed by atoms with Gasteiger partial charge >= 0.3 is 5.97 Å². The molecule has 0 fully saturated rings. The molecule has 0 aromatic heterocycles. The molecule has 1 aromatic carbocycles. The highest BCUT2D eigenvalue weighted by molar-refractivity contribution is 6.30. The van der Waals surface area contributed by atoms with Crippen molar-refractivity contribution in [2.24, 2.45) is 0 Å². The third-order valence-corrected chi connectivity index (χ3v) is 2.84. The van der Waals surface area contributed by atoms with E-state index in [0.29, 0.717) is 23.8 Å². The Balaban J connectivity index is 2.84. The average molecular weight is 271 g/mol. The Kier molecular flexibility index (Phi) is 5.48. The molecule has 3 nitrogen and oxygen atoms in total. The summed E-state index contributed by atoms with van der Waals surface area (Å²) in [6.07, 6.45) is 1.44. The summed E-state index contributed by atoms with van der Waals surface area (Å²) in [4.78, 5) is 12.0. The minimum atomic E-state index is -0.946. The summed E-state index contributed by atoms with van der Waals surface area (Å²) in [6, 6.07) is 6.95. The van der Waals surface area contributed by atoms with E-state index >= 15 is 0 Å². The molecule has 1 aromatic rings. The Morgan fingerprint density at radius 2 is 1.89 bits per heavy atom. The summed E-state index contributed by atoms with van der Waals surface area (Å²) in [5, 5.41) is 0.635. The van der Waals surface area contributed by atoms with E-state index < -0.39 is 5.60 Å². The van der Waals surface area contributed by atoms with Crippen LogP contribution in [0, 0.1) is 0 Å². The molecule has 100 valence electrons. The molecule has 0 bridgehead atoms. The van der Waals surface area contributed by atoms with Crippen molar-refractivity contribution in [2.45, 2.75) is 39.2 Å². The van der Waals surface area contributed by atoms with Crippen LogP contribution in [0.15, 0.2) is 24.3 Å². The maximum Gasteiger partial charge on any atom is 0.350 e. The van der Waals surface area contributed by atoms with Crippen LogP contribution in [0.25, 0.3) is 0 Å². The van der Waals surface area contributed by atoms with Gasteiger partial charge in [-0.1, -0.05) is 24.9 Å². The SMILES string of the molecule is CCCC(C)(Oc1ccc(Cl)cc1)C(=O)OCC. The Morgan fingerprint density at radius 3 is 2.39 bits per heavy atom. The average Bonchev–Trinajstić information content (AvgIpc) is 2.33. The molecule has 1 unspecified atom stereocenters. The van der Waals surface area contributed by atoms with Crippen LogP contribution >= 0.6 is 11.6 Å². The first-order valence-corrected chi connectivity index (χ1v) is 6.51. The number of halogens is 1. The number of hydrogen-bond donors (Lipinski definition) is 0. The Bertz CT molecular complexity index is 389. The van der Waals surface area contributed by atoms with Gasteiger partial charge in [-0.3, -0.25) is 0 Å². The molecule has 0 N–H and O–H groups in total. The molecule has 18 heavy (non-hydrogen) atoms. The molecule has 4 heteroatoms. The van der Waals surface area contributed by atoms with Gasteiger partial charge in [0.1, 0.15) is 5.75 Å². The van der Waals surface area contributed by atoms with E-state index in [-0.39, 0.29) is 5.97 Å². The largest absolute Gasteiger partial charge is 0.476 e. The first kappa shape index (κ1) is 14.8. The lowest BCUT2D eigenvalue weighted by Crippen LogP contribution is -2.42. The smallest absolute Gasteiger partial charge is 0.350 e. The van der Waals surface area contributed by atoms with Crippen molar-refractivity contribution in [1.82, 2.24) is 0 Å². The molecule has 1 atom stereocenters. The lowest BCUT2D eigenvalue weighted by atomic mass is 10.0. The molecule has 0 aliphatic heterocycles. The third kappa shape index (κ3) is 3.91. The van der Waals surface area contributed by atoms with Crippen molar-refractivity contribution < 1.29 is 14.3 Å². The van der Waals surface area contributed by atoms with Crippen molar-refractivity contribution in [2.75, 3.05) is 6.61 Å². The van der Waals surface area contributed by atoms with Gasteiger partial charge in [-0.15, -0.1) is 0 Å². The fourth-order valence-corrected chi connectivity index (χ4v) is 1.84. The Morgan fingerprint density at radius 1 is 1.28 bits per heavy atom. The maximum atomic E-state index is 12.0. The summed E-state index contributed by atoms with van der Waals surface area (Å²) >= 11 is 5.81. The van der Waals surface area contributed by atoms with Crippen LogP contribution in [0.4, 0.5) is 0 Å². The minimum Gasteiger partial charge on any atom is -0.476 e. The summed E-state index contributed by atoms with van der Waals surface area (Å²) in [5.41, 5.74) is -0.946. The third-order valence-electron chi connectivity index (χ3n) is 2.59. The van der Waals surface area contributed by atoms with Crippen LogP contribution in [-0.4, -0.2) is 18.2 Å². The Hall–Kier alpha value is -1.22. The first-order chi connectivity index (χ1) is 8.51. The normalized spacial score (nSPS) is 13.8. The van der Waals surface area contributed by atoms with Gasteiger partial charge in [0.15, 0.2) is 0 Å². The van der Waals surface area contributed by atoms with E-state index in [2.05, 4.69) is 0 Å². The zero-order valence-electron chi connectivity index (χ0n) is 11.0. The van der Waals surface area contributed by atoms with Gasteiger partial charge in [0.05, 0.1) is 6.61 Å². The number of carbonyl (C=O) groups is 1. The van der Waals surface area contributed by atoms with Crippen LogP contribution in [0.1, 0.15) is 33.6 Å². The molecule has 0 radical (unpaired) electrons. The van der Waals surface area contributed by atoms with Gasteiger partial charge in [-0.25, -0.2) is 4.79 Å². The van der Waals surface area contributed by atoms with Crippen LogP contribution in [-0.2, 0) is 9.53 Å². The molecule has 0 heterocycles. The van der Waals surface area contributed by atoms with E-state index in [1.165, 1.54) is 0 Å². The predicted molar refractivity (Wildman–Crippen MR) is 72.0 cm³/mol. The molecule has 1 rings (SSSR count). The fraction of sp³-hybridized carbons (Fsp3) is 0.500. The highest BCUT2D eigenvalue weighted by Gasteiger charge is 2.36. The number of esters is 1. The fourth-order valence-electron chi connectivity index (χ4n) is 1.72. The lowest BCUT2D eigenvalue weighted by molar-refractivity contribution is -0.160. The number of hydrogen-bond acceptors (Lipinski definition) is 3. The number of benzene rings is 1. The Labute approximate surface area is 113 Å². The molecule has 0 amide bonds. The van der Waals surface area contributed by atoms with Crippen molar-refractivity contribution in [1.29, 1.82) is 0 Å². The molecule has 0 saturated carbocycles. The van der Waals surface area contributed by atoms with Crippen LogP contribution in [0.2, 0.25) is 5.02 Å². The second kappa shape index (κ2) is 6.64. The standard InChI is InChI=1S/C14H19ClO3/c1-4-10-14(3,13(16)17-5-2)18-12-8-6-11(15)7-9-12/h6-9H,4-5,10H2,1-3H3. The highest BCUT2D eigenvalue weighted by atomic mass is 35.5. The summed E-state index contributed by atoms with van der Waals surface area (Å²) in [7, 11) is 0. The van der Waals surface area contributed by atoms with E-state index in [0.717, 1.165) is 6.42 Å². The van der Waals surface area contributed by atoms with E-state index in [9.17, 15) is 4.79 Å². The summed E-state index contributed by atoms with van der Waals surface area (Å²) in [5.74, 6) is 0.283. The molecule has 0 aliphatic carbocycles. The monoisotopic (exact) mass is 270 g/mol. The second-order valence-corrected chi connectivity index (χ2v) is 4.69. The van der Waals surface area contributed by atoms with Gasteiger partial charge in [0.2, 0.25) is 5.60 Å². The van der Waals surface area contributed by atoms with Crippen LogP contribution in [0.5, 0.6) is 5.75 Å². The maximum absolute atomic E-state index is 12.0. The summed E-state index contributed by atoms with van der Waals surface area (Å²) in [6.45, 7) is 5.89. The first-order valence-electron chi connectivity index (χ1n) is 6.13. The highest BCUT2D eigenvalue weighted by Crippen LogP contribution is 2.25. The summed E-state index contributed by atoms with van der Waals surface area (Å²) < 4.78 is 10.8. The molecule has 0 aliphatic rings. The van der Waals surface area contributed by atoms with Crippen molar-refractivity contribution >= 4 is 17.6 Å². The zero-order valence-corrected chi connectivity index (χ0v) is 11.8. The zero-order chi connectivity index (χ0) is 13.6. The molecular weight excluding hydrogens is 252 g/mol. The lowest BCUT2D eigenvalue weighted by Gasteiger charge is -2.28. The van der Waals surface area contributed by atoms with Gasteiger partial charge in [-0.2, -0.15) is 0 Å². The topological polar surface area (TPSA) is 35.5 Å². The van der Waals surface area contributed by atoms with Gasteiger partial charge < -0.3 is 9.47 Å². The van der Waals surface area contributed by atoms with Crippen LogP contribution < -0.4 is 4.74 Å². The number of rotatable bonds is 6. The molecular formula is C14H19ClO3. The number of carbonyl (C=O) groups excluding carboxylic acids is 1. The molecule has 0 spiro atoms. The van der Waals surface area contributed by atoms with Crippen molar-refractivity contribution in [3.63, 3.8) is 0 Å². The van der Waals surface area contributed by atoms with Gasteiger partial charge in [-0.05, 0) is 44.5 Å². The second-order valence-electron chi connectivity index (χ2n) is 4.26. The van der Waals surface area contributed by atoms with Crippen LogP contribution in [0.3, 0.4) is 0 Å². The minimum absolute atomic E-state index is 0.332.